The van der Waals surface area contributed by atoms with Gasteiger partial charge in [0, 0.05) is 11.5 Å². The normalized spacial score (nSPS) is 33.1. The largest absolute Gasteiger partial charge is 0.297 e. The molecular weight excluding hydrogens is 319 g/mol. The topological polar surface area (TPSA) is 52.0 Å². The van der Waals surface area contributed by atoms with Crippen LogP contribution in [-0.4, -0.2) is 15.3 Å². The van der Waals surface area contributed by atoms with Crippen LogP contribution in [-0.2, 0) is 11.3 Å². The van der Waals surface area contributed by atoms with Crippen molar-refractivity contribution in [1.29, 1.82) is 0 Å². The van der Waals surface area contributed by atoms with E-state index in [4.69, 9.17) is 0 Å². The molecular formula is C20H21FN2O2. The first-order valence-corrected chi connectivity index (χ1v) is 9.20. The summed E-state index contributed by atoms with van der Waals surface area (Å²) in [4.78, 5) is 30.0. The number of ketones is 1. The van der Waals surface area contributed by atoms with E-state index in [0.29, 0.717) is 28.7 Å². The van der Waals surface area contributed by atoms with Crippen molar-refractivity contribution >= 4 is 16.7 Å². The first-order valence-electron chi connectivity index (χ1n) is 9.20. The van der Waals surface area contributed by atoms with Crippen LogP contribution in [0.2, 0.25) is 0 Å². The minimum absolute atomic E-state index is 0.0886. The zero-order chi connectivity index (χ0) is 17.2. The highest BCUT2D eigenvalue weighted by molar-refractivity contribution is 5.85. The van der Waals surface area contributed by atoms with Crippen LogP contribution < -0.4 is 5.56 Å². The van der Waals surface area contributed by atoms with Gasteiger partial charge in [0.25, 0.3) is 5.56 Å². The van der Waals surface area contributed by atoms with Gasteiger partial charge in [0.2, 0.25) is 0 Å². The van der Waals surface area contributed by atoms with E-state index in [1.54, 1.807) is 0 Å². The van der Waals surface area contributed by atoms with Gasteiger partial charge in [-0.25, -0.2) is 9.37 Å². The summed E-state index contributed by atoms with van der Waals surface area (Å²) in [6.45, 7) is 0.0886. The maximum atomic E-state index is 13.3. The van der Waals surface area contributed by atoms with Gasteiger partial charge < -0.3 is 0 Å². The quantitative estimate of drug-likeness (QED) is 0.861. The molecule has 25 heavy (non-hydrogen) atoms. The molecule has 0 amide bonds. The number of aromatic nitrogens is 2. The smallest absolute Gasteiger partial charge is 0.261 e. The van der Waals surface area contributed by atoms with Crippen molar-refractivity contribution in [3.8, 4) is 0 Å². The Hall–Kier alpha value is -2.04. The molecule has 2 aromatic rings. The minimum atomic E-state index is -0.415. The summed E-state index contributed by atoms with van der Waals surface area (Å²) in [5, 5.41) is 0.363. The molecule has 0 saturated heterocycles. The Morgan fingerprint density at radius 3 is 2.44 bits per heavy atom. The predicted molar refractivity (Wildman–Crippen MR) is 91.6 cm³/mol. The van der Waals surface area contributed by atoms with E-state index in [1.807, 2.05) is 0 Å². The highest BCUT2D eigenvalue weighted by atomic mass is 19.1. The lowest BCUT2D eigenvalue weighted by Crippen LogP contribution is -2.51. The van der Waals surface area contributed by atoms with E-state index in [0.717, 1.165) is 19.3 Å². The molecule has 0 atom stereocenters. The van der Waals surface area contributed by atoms with Gasteiger partial charge in [-0.15, -0.1) is 0 Å². The molecule has 0 radical (unpaired) electrons. The molecule has 130 valence electrons. The van der Waals surface area contributed by atoms with Crippen LogP contribution in [0.15, 0.2) is 29.3 Å². The molecule has 5 heteroatoms. The Labute approximate surface area is 145 Å². The fraction of sp³-hybridized carbons (Fsp3) is 0.550. The number of fused-ring (bicyclic) bond motifs is 1. The highest BCUT2D eigenvalue weighted by Crippen LogP contribution is 2.60. The molecule has 1 aromatic heterocycles. The van der Waals surface area contributed by atoms with E-state index in [1.165, 1.54) is 48.4 Å². The second-order valence-corrected chi connectivity index (χ2v) is 8.46. The highest BCUT2D eigenvalue weighted by Gasteiger charge is 2.54. The van der Waals surface area contributed by atoms with Crippen LogP contribution in [0.25, 0.3) is 10.9 Å². The van der Waals surface area contributed by atoms with E-state index in [2.05, 4.69) is 4.98 Å². The molecule has 4 aliphatic carbocycles. The third kappa shape index (κ3) is 2.35. The van der Waals surface area contributed by atoms with E-state index in [-0.39, 0.29) is 23.3 Å². The summed E-state index contributed by atoms with van der Waals surface area (Å²) in [5.41, 5.74) is -0.141. The molecule has 4 nitrogen and oxygen atoms in total. The van der Waals surface area contributed by atoms with E-state index < -0.39 is 5.82 Å². The van der Waals surface area contributed by atoms with Crippen molar-refractivity contribution in [3.63, 3.8) is 0 Å². The first-order chi connectivity index (χ1) is 12.0. The second kappa shape index (κ2) is 5.23. The molecule has 4 fully saturated rings. The van der Waals surface area contributed by atoms with Gasteiger partial charge in [-0.2, -0.15) is 0 Å². The number of Topliss-reactive ketones (excluding diaryl/α,β-unsaturated/α-hetero) is 1. The number of nitrogens with zero attached hydrogens (tertiary/aromatic N) is 2. The van der Waals surface area contributed by atoms with Gasteiger partial charge in [-0.05, 0) is 68.4 Å². The van der Waals surface area contributed by atoms with Gasteiger partial charge in [0.15, 0.2) is 5.78 Å². The maximum absolute atomic E-state index is 13.3. The molecule has 0 unspecified atom stereocenters. The fourth-order valence-corrected chi connectivity index (χ4v) is 6.02. The number of carbonyl (C=O) groups excluding carboxylic acids is 1. The number of hydrogen-bond acceptors (Lipinski definition) is 3. The van der Waals surface area contributed by atoms with Crippen LogP contribution in [0.3, 0.4) is 0 Å². The molecule has 4 aliphatic rings. The Morgan fingerprint density at radius 2 is 1.80 bits per heavy atom. The van der Waals surface area contributed by atoms with Crippen LogP contribution in [0, 0.1) is 29.0 Å². The molecule has 1 heterocycles. The Kier molecular flexibility index (Phi) is 3.19. The Bertz CT molecular complexity index is 898. The van der Waals surface area contributed by atoms with Crippen molar-refractivity contribution in [1.82, 2.24) is 9.55 Å². The van der Waals surface area contributed by atoms with Gasteiger partial charge in [-0.3, -0.25) is 14.2 Å². The van der Waals surface area contributed by atoms with Crippen molar-refractivity contribution < 1.29 is 9.18 Å². The average molecular weight is 340 g/mol. The van der Waals surface area contributed by atoms with Crippen molar-refractivity contribution in [2.24, 2.45) is 23.2 Å². The van der Waals surface area contributed by atoms with Gasteiger partial charge in [0.1, 0.15) is 5.82 Å². The molecule has 0 N–H and O–H groups in total. The zero-order valence-corrected chi connectivity index (χ0v) is 14.1. The molecule has 6 rings (SSSR count). The second-order valence-electron chi connectivity index (χ2n) is 8.46. The van der Waals surface area contributed by atoms with Gasteiger partial charge >= 0.3 is 0 Å². The van der Waals surface area contributed by atoms with E-state index in [9.17, 15) is 14.0 Å². The summed E-state index contributed by atoms with van der Waals surface area (Å²) in [5.74, 6) is 1.87. The number of benzene rings is 1. The van der Waals surface area contributed by atoms with Gasteiger partial charge in [0.05, 0.1) is 23.8 Å². The lowest BCUT2D eigenvalue weighted by atomic mass is 9.48. The SMILES string of the molecule is O=C(Cn1cnc2cc(F)ccc2c1=O)C12CC3CC(CC(C3)C1)C2. The lowest BCUT2D eigenvalue weighted by molar-refractivity contribution is -0.144. The fourth-order valence-electron chi connectivity index (χ4n) is 6.02. The minimum Gasteiger partial charge on any atom is -0.297 e. The Morgan fingerprint density at radius 1 is 1.16 bits per heavy atom. The van der Waals surface area contributed by atoms with Crippen LogP contribution >= 0.6 is 0 Å². The summed E-state index contributed by atoms with van der Waals surface area (Å²) >= 11 is 0. The first kappa shape index (κ1) is 15.2. The number of rotatable bonds is 3. The maximum Gasteiger partial charge on any atom is 0.261 e. The monoisotopic (exact) mass is 340 g/mol. The lowest BCUT2D eigenvalue weighted by Gasteiger charge is -2.56. The molecule has 0 spiro atoms. The third-order valence-corrected chi connectivity index (χ3v) is 6.73. The number of halogens is 1. The summed E-state index contributed by atoms with van der Waals surface area (Å²) in [7, 11) is 0. The van der Waals surface area contributed by atoms with Crippen molar-refractivity contribution in [2.75, 3.05) is 0 Å². The third-order valence-electron chi connectivity index (χ3n) is 6.73. The van der Waals surface area contributed by atoms with E-state index >= 15 is 0 Å². The molecule has 4 saturated carbocycles. The van der Waals surface area contributed by atoms with Gasteiger partial charge in [-0.1, -0.05) is 0 Å². The average Bonchev–Trinajstić information content (AvgIpc) is 2.56. The van der Waals surface area contributed by atoms with Crippen LogP contribution in [0.5, 0.6) is 0 Å². The van der Waals surface area contributed by atoms with Crippen molar-refractivity contribution in [2.45, 2.75) is 45.1 Å². The number of carbonyl (C=O) groups is 1. The standard InChI is InChI=1S/C20H21FN2O2/c21-15-1-2-16-17(6-15)22-11-23(19(16)25)10-18(24)20-7-12-3-13(8-20)5-14(4-12)9-20/h1-2,6,11-14H,3-5,7-10H2. The summed E-state index contributed by atoms with van der Waals surface area (Å²) in [6.07, 6.45) is 8.25. The molecule has 4 bridgehead atoms. The zero-order valence-electron chi connectivity index (χ0n) is 14.1. The van der Waals surface area contributed by atoms with Crippen LogP contribution in [0.4, 0.5) is 4.39 Å². The molecule has 0 aliphatic heterocycles. The van der Waals surface area contributed by atoms with Crippen molar-refractivity contribution in [3.05, 3.63) is 40.7 Å². The summed E-state index contributed by atoms with van der Waals surface area (Å²) in [6, 6.07) is 3.96. The summed E-state index contributed by atoms with van der Waals surface area (Å²) < 4.78 is 14.7. The molecule has 1 aromatic carbocycles. The predicted octanol–water partition coefficient (Wildman–Crippen LogP) is 3.32. The number of hydrogen-bond donors (Lipinski definition) is 0. The van der Waals surface area contributed by atoms with Crippen LogP contribution in [0.1, 0.15) is 38.5 Å². The Balaban J connectivity index is 1.47.